The highest BCUT2D eigenvalue weighted by molar-refractivity contribution is 7.92. The SMILES string of the molecule is COc1cccc(-c2noc(CNC(=O)C(C)N(c3ccc(F)cc3)S(C)(=O)=O)n2)c1. The summed E-state index contributed by atoms with van der Waals surface area (Å²) in [6.45, 7) is 1.33. The van der Waals surface area contributed by atoms with Gasteiger partial charge in [0.2, 0.25) is 27.6 Å². The highest BCUT2D eigenvalue weighted by atomic mass is 32.2. The van der Waals surface area contributed by atoms with Gasteiger partial charge in [-0.3, -0.25) is 9.10 Å². The van der Waals surface area contributed by atoms with E-state index in [-0.39, 0.29) is 18.1 Å². The Balaban J connectivity index is 1.70. The van der Waals surface area contributed by atoms with Crippen molar-refractivity contribution in [3.05, 3.63) is 60.2 Å². The number of carbonyl (C=O) groups is 1. The molecule has 11 heteroatoms. The number of hydrogen-bond acceptors (Lipinski definition) is 7. The van der Waals surface area contributed by atoms with E-state index in [1.54, 1.807) is 31.4 Å². The summed E-state index contributed by atoms with van der Waals surface area (Å²) < 4.78 is 48.9. The predicted octanol–water partition coefficient (Wildman–Crippen LogP) is 2.36. The van der Waals surface area contributed by atoms with Crippen LogP contribution in [0.3, 0.4) is 0 Å². The van der Waals surface area contributed by atoms with Gasteiger partial charge in [-0.2, -0.15) is 4.98 Å². The molecule has 3 rings (SSSR count). The molecule has 0 aliphatic heterocycles. The second-order valence-corrected chi connectivity index (χ2v) is 8.53. The van der Waals surface area contributed by atoms with E-state index < -0.39 is 27.8 Å². The number of halogens is 1. The molecular weight excluding hydrogens is 427 g/mol. The van der Waals surface area contributed by atoms with Crippen molar-refractivity contribution in [2.24, 2.45) is 0 Å². The number of benzene rings is 2. The maximum atomic E-state index is 13.2. The van der Waals surface area contributed by atoms with Crippen molar-refractivity contribution >= 4 is 21.6 Å². The van der Waals surface area contributed by atoms with Gasteiger partial charge in [0.15, 0.2) is 0 Å². The Morgan fingerprint density at radius 1 is 1.26 bits per heavy atom. The van der Waals surface area contributed by atoms with Crippen molar-refractivity contribution in [3.63, 3.8) is 0 Å². The second-order valence-electron chi connectivity index (χ2n) is 6.67. The molecule has 0 bridgehead atoms. The lowest BCUT2D eigenvalue weighted by Gasteiger charge is -2.28. The second kappa shape index (κ2) is 9.13. The molecule has 1 aromatic heterocycles. The van der Waals surface area contributed by atoms with Gasteiger partial charge in [-0.05, 0) is 43.3 Å². The molecule has 0 spiro atoms. The molecule has 0 saturated carbocycles. The van der Waals surface area contributed by atoms with Crippen LogP contribution in [0.2, 0.25) is 0 Å². The highest BCUT2D eigenvalue weighted by Crippen LogP contribution is 2.22. The molecule has 0 fully saturated rings. The summed E-state index contributed by atoms with van der Waals surface area (Å²) in [6, 6.07) is 10.8. The molecule has 1 amide bonds. The first-order valence-corrected chi connectivity index (χ1v) is 11.0. The molecule has 0 aliphatic rings. The number of carbonyl (C=O) groups excluding carboxylic acids is 1. The maximum Gasteiger partial charge on any atom is 0.246 e. The van der Waals surface area contributed by atoms with Crippen molar-refractivity contribution in [3.8, 4) is 17.1 Å². The minimum Gasteiger partial charge on any atom is -0.497 e. The summed E-state index contributed by atoms with van der Waals surface area (Å²) >= 11 is 0. The Bertz CT molecular complexity index is 1160. The van der Waals surface area contributed by atoms with E-state index in [1.165, 1.54) is 19.1 Å². The van der Waals surface area contributed by atoms with Gasteiger partial charge in [0.1, 0.15) is 17.6 Å². The van der Waals surface area contributed by atoms with Crippen LogP contribution in [-0.4, -0.2) is 43.9 Å². The zero-order valence-electron chi connectivity index (χ0n) is 17.1. The van der Waals surface area contributed by atoms with Crippen molar-refractivity contribution < 1.29 is 26.9 Å². The van der Waals surface area contributed by atoms with Crippen molar-refractivity contribution in [2.75, 3.05) is 17.7 Å². The normalized spacial score (nSPS) is 12.3. The van der Waals surface area contributed by atoms with Crippen LogP contribution >= 0.6 is 0 Å². The van der Waals surface area contributed by atoms with Gasteiger partial charge in [-0.15, -0.1) is 0 Å². The smallest absolute Gasteiger partial charge is 0.246 e. The Morgan fingerprint density at radius 3 is 2.61 bits per heavy atom. The quantitative estimate of drug-likeness (QED) is 0.563. The summed E-state index contributed by atoms with van der Waals surface area (Å²) in [5.74, 6) is -0.00705. The summed E-state index contributed by atoms with van der Waals surface area (Å²) in [5.41, 5.74) is 0.846. The van der Waals surface area contributed by atoms with Gasteiger partial charge in [0, 0.05) is 5.56 Å². The van der Waals surface area contributed by atoms with Gasteiger partial charge < -0.3 is 14.6 Å². The summed E-state index contributed by atoms with van der Waals surface area (Å²) in [6.07, 6.45) is 0.971. The fourth-order valence-electron chi connectivity index (χ4n) is 2.91. The van der Waals surface area contributed by atoms with Gasteiger partial charge in [-0.1, -0.05) is 17.3 Å². The van der Waals surface area contributed by atoms with Crippen molar-refractivity contribution in [2.45, 2.75) is 19.5 Å². The van der Waals surface area contributed by atoms with Gasteiger partial charge in [0.25, 0.3) is 0 Å². The Kier molecular flexibility index (Phi) is 6.54. The Hall–Kier alpha value is -3.47. The average molecular weight is 448 g/mol. The van der Waals surface area contributed by atoms with Crippen LogP contribution < -0.4 is 14.4 Å². The van der Waals surface area contributed by atoms with E-state index in [9.17, 15) is 17.6 Å². The van der Waals surface area contributed by atoms with Crippen LogP contribution in [0.5, 0.6) is 5.75 Å². The van der Waals surface area contributed by atoms with E-state index in [1.807, 2.05) is 0 Å². The summed E-state index contributed by atoms with van der Waals surface area (Å²) in [5, 5.41) is 6.46. The molecule has 164 valence electrons. The first-order chi connectivity index (χ1) is 14.7. The monoisotopic (exact) mass is 448 g/mol. The molecule has 0 radical (unpaired) electrons. The zero-order valence-corrected chi connectivity index (χ0v) is 17.9. The van der Waals surface area contributed by atoms with Crippen molar-refractivity contribution in [1.29, 1.82) is 0 Å². The van der Waals surface area contributed by atoms with E-state index >= 15 is 0 Å². The highest BCUT2D eigenvalue weighted by Gasteiger charge is 2.29. The van der Waals surface area contributed by atoms with Gasteiger partial charge >= 0.3 is 0 Å². The number of methoxy groups -OCH3 is 1. The molecule has 0 aliphatic carbocycles. The molecule has 1 heterocycles. The molecule has 9 nitrogen and oxygen atoms in total. The van der Waals surface area contributed by atoms with Crippen LogP contribution in [0, 0.1) is 5.82 Å². The number of nitrogens with one attached hydrogen (secondary N) is 1. The molecule has 1 unspecified atom stereocenters. The fraction of sp³-hybridized carbons (Fsp3) is 0.250. The molecule has 31 heavy (non-hydrogen) atoms. The fourth-order valence-corrected chi connectivity index (χ4v) is 4.09. The van der Waals surface area contributed by atoms with Crippen LogP contribution in [0.4, 0.5) is 10.1 Å². The number of ether oxygens (including phenoxy) is 1. The minimum atomic E-state index is -3.81. The largest absolute Gasteiger partial charge is 0.497 e. The standard InChI is InChI=1S/C20H21FN4O5S/c1-13(25(31(3,27)28)16-9-7-15(21)8-10-16)20(26)22-12-18-23-19(24-30-18)14-5-4-6-17(11-14)29-2/h4-11,13H,12H2,1-3H3,(H,22,26). The zero-order chi connectivity index (χ0) is 22.6. The molecule has 1 atom stereocenters. The Labute approximate surface area is 178 Å². The third-order valence-corrected chi connectivity index (χ3v) is 5.62. The van der Waals surface area contributed by atoms with Gasteiger partial charge in [-0.25, -0.2) is 12.8 Å². The van der Waals surface area contributed by atoms with Gasteiger partial charge in [0.05, 0.1) is 25.6 Å². The number of aromatic nitrogens is 2. The lowest BCUT2D eigenvalue weighted by atomic mass is 10.2. The topological polar surface area (TPSA) is 115 Å². The lowest BCUT2D eigenvalue weighted by molar-refractivity contribution is -0.122. The number of rotatable bonds is 8. The number of amides is 1. The summed E-state index contributed by atoms with van der Waals surface area (Å²) in [7, 11) is -2.26. The molecular formula is C20H21FN4O5S. The van der Waals surface area contributed by atoms with E-state index in [0.29, 0.717) is 17.1 Å². The predicted molar refractivity (Wildman–Crippen MR) is 111 cm³/mol. The van der Waals surface area contributed by atoms with Crippen LogP contribution in [0.1, 0.15) is 12.8 Å². The molecule has 2 aromatic carbocycles. The number of hydrogen-bond donors (Lipinski definition) is 1. The van der Waals surface area contributed by atoms with E-state index in [2.05, 4.69) is 15.5 Å². The lowest BCUT2D eigenvalue weighted by Crippen LogP contribution is -2.47. The third kappa shape index (κ3) is 5.37. The first-order valence-electron chi connectivity index (χ1n) is 9.18. The molecule has 0 saturated heterocycles. The maximum absolute atomic E-state index is 13.2. The molecule has 1 N–H and O–H groups in total. The number of nitrogens with zero attached hydrogens (tertiary/aromatic N) is 3. The van der Waals surface area contributed by atoms with Crippen LogP contribution in [0.15, 0.2) is 53.1 Å². The van der Waals surface area contributed by atoms with E-state index in [4.69, 9.17) is 9.26 Å². The minimum absolute atomic E-state index is 0.0961. The van der Waals surface area contributed by atoms with Crippen LogP contribution in [0.25, 0.3) is 11.4 Å². The average Bonchev–Trinajstić information content (AvgIpc) is 3.21. The third-order valence-electron chi connectivity index (χ3n) is 4.38. The summed E-state index contributed by atoms with van der Waals surface area (Å²) in [4.78, 5) is 16.8. The first kappa shape index (κ1) is 22.2. The van der Waals surface area contributed by atoms with E-state index in [0.717, 1.165) is 22.7 Å². The molecule has 3 aromatic rings. The van der Waals surface area contributed by atoms with Crippen LogP contribution in [-0.2, 0) is 21.4 Å². The van der Waals surface area contributed by atoms with Crippen molar-refractivity contribution in [1.82, 2.24) is 15.5 Å². The number of sulfonamides is 1. The Morgan fingerprint density at radius 2 is 1.97 bits per heavy atom. The number of anilines is 1.